The van der Waals surface area contributed by atoms with Crippen LogP contribution in [0.4, 0.5) is 10.2 Å². The zero-order valence-corrected chi connectivity index (χ0v) is 15.4. The van der Waals surface area contributed by atoms with Gasteiger partial charge in [0, 0.05) is 10.7 Å². The number of pyridine rings is 1. The molecule has 1 aromatic carbocycles. The van der Waals surface area contributed by atoms with Gasteiger partial charge in [0.25, 0.3) is 5.91 Å². The van der Waals surface area contributed by atoms with Crippen LogP contribution in [0.1, 0.15) is 42.5 Å². The molecule has 1 aliphatic carbocycles. The summed E-state index contributed by atoms with van der Waals surface area (Å²) in [5.41, 5.74) is 0.212. The first-order valence-electron chi connectivity index (χ1n) is 8.47. The molecule has 0 bridgehead atoms. The smallest absolute Gasteiger partial charge is 0.258 e. The van der Waals surface area contributed by atoms with E-state index in [2.05, 4.69) is 26.2 Å². The maximum atomic E-state index is 13.4. The molecule has 0 atom stereocenters. The van der Waals surface area contributed by atoms with Crippen LogP contribution in [0.3, 0.4) is 0 Å². The second-order valence-electron chi connectivity index (χ2n) is 6.24. The number of anilines is 1. The summed E-state index contributed by atoms with van der Waals surface area (Å²) in [5.74, 6) is 0.527. The largest absolute Gasteiger partial charge is 0.489 e. The SMILES string of the molecule is O=C(Nc1ncccc1OCC1CCCCC1)c1cc(F)ccc1Br. The fraction of sp³-hybridized carbons (Fsp3) is 0.368. The van der Waals surface area contributed by atoms with Crippen LogP contribution in [-0.2, 0) is 0 Å². The zero-order valence-electron chi connectivity index (χ0n) is 13.8. The molecule has 3 rings (SSSR count). The summed E-state index contributed by atoms with van der Waals surface area (Å²) in [6.45, 7) is 0.623. The first-order chi connectivity index (χ1) is 12.1. The molecule has 1 aliphatic rings. The molecule has 1 fully saturated rings. The monoisotopic (exact) mass is 406 g/mol. The van der Waals surface area contributed by atoms with E-state index in [0.29, 0.717) is 28.6 Å². The number of hydrogen-bond donors (Lipinski definition) is 1. The van der Waals surface area contributed by atoms with E-state index in [1.165, 1.54) is 50.3 Å². The van der Waals surface area contributed by atoms with E-state index in [1.54, 1.807) is 18.3 Å². The van der Waals surface area contributed by atoms with Gasteiger partial charge in [-0.2, -0.15) is 0 Å². The Morgan fingerprint density at radius 2 is 2.08 bits per heavy atom. The molecule has 1 heterocycles. The molecule has 0 unspecified atom stereocenters. The summed E-state index contributed by atoms with van der Waals surface area (Å²) < 4.78 is 19.8. The number of hydrogen-bond acceptors (Lipinski definition) is 3. The number of amides is 1. The Kier molecular flexibility index (Phi) is 6.02. The van der Waals surface area contributed by atoms with Gasteiger partial charge in [-0.1, -0.05) is 19.3 Å². The van der Waals surface area contributed by atoms with Crippen molar-refractivity contribution in [3.05, 3.63) is 52.4 Å². The maximum Gasteiger partial charge on any atom is 0.258 e. The molecule has 6 heteroatoms. The van der Waals surface area contributed by atoms with Crippen LogP contribution in [-0.4, -0.2) is 17.5 Å². The predicted molar refractivity (Wildman–Crippen MR) is 98.4 cm³/mol. The van der Waals surface area contributed by atoms with Crippen molar-refractivity contribution in [1.82, 2.24) is 4.98 Å². The number of benzene rings is 1. The van der Waals surface area contributed by atoms with Gasteiger partial charge in [-0.3, -0.25) is 4.79 Å². The molecule has 2 aromatic rings. The van der Waals surface area contributed by atoms with Crippen molar-refractivity contribution >= 4 is 27.7 Å². The van der Waals surface area contributed by atoms with Gasteiger partial charge in [-0.05, 0) is 65.0 Å². The minimum atomic E-state index is -0.469. The molecule has 132 valence electrons. The molecule has 1 saturated carbocycles. The van der Waals surface area contributed by atoms with Crippen molar-refractivity contribution in [3.63, 3.8) is 0 Å². The second kappa shape index (κ2) is 8.43. The number of carbonyl (C=O) groups is 1. The summed E-state index contributed by atoms with van der Waals surface area (Å²) in [4.78, 5) is 16.6. The van der Waals surface area contributed by atoms with Crippen LogP contribution < -0.4 is 10.1 Å². The Labute approximate surface area is 154 Å². The molecule has 25 heavy (non-hydrogen) atoms. The minimum Gasteiger partial charge on any atom is -0.489 e. The lowest BCUT2D eigenvalue weighted by Crippen LogP contribution is -2.18. The van der Waals surface area contributed by atoms with Crippen LogP contribution >= 0.6 is 15.9 Å². The fourth-order valence-electron chi connectivity index (χ4n) is 3.01. The third kappa shape index (κ3) is 4.78. The van der Waals surface area contributed by atoms with E-state index in [1.807, 2.05) is 0 Å². The molecule has 1 amide bonds. The van der Waals surface area contributed by atoms with E-state index in [9.17, 15) is 9.18 Å². The number of ether oxygens (including phenoxy) is 1. The van der Waals surface area contributed by atoms with Gasteiger partial charge in [-0.15, -0.1) is 0 Å². The highest BCUT2D eigenvalue weighted by Gasteiger charge is 2.17. The van der Waals surface area contributed by atoms with Gasteiger partial charge in [-0.25, -0.2) is 9.37 Å². The van der Waals surface area contributed by atoms with E-state index in [-0.39, 0.29) is 5.56 Å². The van der Waals surface area contributed by atoms with Gasteiger partial charge < -0.3 is 10.1 Å². The summed E-state index contributed by atoms with van der Waals surface area (Å²) in [5, 5.41) is 2.71. The number of nitrogens with zero attached hydrogens (tertiary/aromatic N) is 1. The van der Waals surface area contributed by atoms with E-state index in [4.69, 9.17) is 4.74 Å². The van der Waals surface area contributed by atoms with E-state index in [0.717, 1.165) is 0 Å². The Hall–Kier alpha value is -1.95. The lowest BCUT2D eigenvalue weighted by molar-refractivity contribution is 0.102. The van der Waals surface area contributed by atoms with Crippen molar-refractivity contribution in [2.75, 3.05) is 11.9 Å². The summed E-state index contributed by atoms with van der Waals surface area (Å²) in [7, 11) is 0. The zero-order chi connectivity index (χ0) is 17.6. The average molecular weight is 407 g/mol. The molecule has 0 saturated heterocycles. The van der Waals surface area contributed by atoms with Crippen molar-refractivity contribution in [2.45, 2.75) is 32.1 Å². The lowest BCUT2D eigenvalue weighted by Gasteiger charge is -2.22. The molecule has 1 aromatic heterocycles. The van der Waals surface area contributed by atoms with Crippen molar-refractivity contribution in [3.8, 4) is 5.75 Å². The topological polar surface area (TPSA) is 51.2 Å². The fourth-order valence-corrected chi connectivity index (χ4v) is 3.44. The highest BCUT2D eigenvalue weighted by atomic mass is 79.9. The first kappa shape index (κ1) is 17.9. The normalized spacial score (nSPS) is 15.0. The average Bonchev–Trinajstić information content (AvgIpc) is 2.64. The number of aromatic nitrogens is 1. The maximum absolute atomic E-state index is 13.4. The number of halogens is 2. The van der Waals surface area contributed by atoms with Gasteiger partial charge in [0.15, 0.2) is 11.6 Å². The quantitative estimate of drug-likeness (QED) is 0.742. The van der Waals surface area contributed by atoms with Crippen LogP contribution in [0.15, 0.2) is 41.0 Å². The van der Waals surface area contributed by atoms with Crippen molar-refractivity contribution in [1.29, 1.82) is 0 Å². The van der Waals surface area contributed by atoms with Crippen LogP contribution in [0.2, 0.25) is 0 Å². The minimum absolute atomic E-state index is 0.212. The van der Waals surface area contributed by atoms with Crippen molar-refractivity contribution < 1.29 is 13.9 Å². The summed E-state index contributed by atoms with van der Waals surface area (Å²) in [6.07, 6.45) is 7.74. The van der Waals surface area contributed by atoms with Crippen LogP contribution in [0.25, 0.3) is 0 Å². The van der Waals surface area contributed by atoms with Crippen molar-refractivity contribution in [2.24, 2.45) is 5.92 Å². The van der Waals surface area contributed by atoms with Gasteiger partial charge in [0.1, 0.15) is 5.82 Å². The number of rotatable bonds is 5. The van der Waals surface area contributed by atoms with Gasteiger partial charge >= 0.3 is 0 Å². The van der Waals surface area contributed by atoms with Crippen LogP contribution in [0, 0.1) is 11.7 Å². The predicted octanol–water partition coefficient (Wildman–Crippen LogP) is 5.19. The summed E-state index contributed by atoms with van der Waals surface area (Å²) >= 11 is 3.27. The highest BCUT2D eigenvalue weighted by Crippen LogP contribution is 2.27. The van der Waals surface area contributed by atoms with Crippen LogP contribution in [0.5, 0.6) is 5.75 Å². The highest BCUT2D eigenvalue weighted by molar-refractivity contribution is 9.10. The number of carbonyl (C=O) groups excluding carboxylic acids is 1. The summed E-state index contributed by atoms with van der Waals surface area (Å²) in [6, 6.07) is 7.53. The molecule has 0 aliphatic heterocycles. The van der Waals surface area contributed by atoms with Gasteiger partial charge in [0.05, 0.1) is 12.2 Å². The second-order valence-corrected chi connectivity index (χ2v) is 7.10. The van der Waals surface area contributed by atoms with E-state index < -0.39 is 11.7 Å². The molecule has 1 N–H and O–H groups in total. The molecule has 0 radical (unpaired) electrons. The molecule has 4 nitrogen and oxygen atoms in total. The third-order valence-electron chi connectivity index (χ3n) is 4.37. The first-order valence-corrected chi connectivity index (χ1v) is 9.27. The lowest BCUT2D eigenvalue weighted by atomic mass is 9.90. The molecular formula is C19H20BrFN2O2. The third-order valence-corrected chi connectivity index (χ3v) is 5.07. The van der Waals surface area contributed by atoms with Gasteiger partial charge in [0.2, 0.25) is 0 Å². The Bertz CT molecular complexity index is 748. The standard InChI is InChI=1S/C19H20BrFN2O2/c20-16-9-8-14(21)11-15(16)19(24)23-18-17(7-4-10-22-18)25-12-13-5-2-1-3-6-13/h4,7-11,13H,1-3,5-6,12H2,(H,22,23,24). The van der Waals surface area contributed by atoms with E-state index >= 15 is 0 Å². The Morgan fingerprint density at radius 1 is 1.28 bits per heavy atom. The Morgan fingerprint density at radius 3 is 2.88 bits per heavy atom. The Balaban J connectivity index is 1.69. The molecular weight excluding hydrogens is 387 g/mol. The molecule has 0 spiro atoms. The number of nitrogens with one attached hydrogen (secondary N) is 1.